The van der Waals surface area contributed by atoms with Gasteiger partial charge in [0.05, 0.1) is 23.4 Å². The summed E-state index contributed by atoms with van der Waals surface area (Å²) in [5.41, 5.74) is 2.27. The smallest absolute Gasteiger partial charge is 0.228 e. The number of nitrogens with zero attached hydrogens (tertiary/aromatic N) is 5. The summed E-state index contributed by atoms with van der Waals surface area (Å²) >= 11 is 1.69. The first-order chi connectivity index (χ1) is 13.7. The number of aromatic nitrogens is 4. The van der Waals surface area contributed by atoms with Gasteiger partial charge in [0.2, 0.25) is 5.91 Å². The maximum Gasteiger partial charge on any atom is 0.228 e. The highest BCUT2D eigenvalue weighted by Crippen LogP contribution is 2.21. The Labute approximate surface area is 168 Å². The van der Waals surface area contributed by atoms with Gasteiger partial charge in [-0.25, -0.2) is 9.67 Å². The monoisotopic (exact) mass is 396 g/mol. The van der Waals surface area contributed by atoms with Gasteiger partial charge in [0.25, 0.3) is 0 Å². The lowest BCUT2D eigenvalue weighted by Crippen LogP contribution is -2.37. The molecule has 0 unspecified atom stereocenters. The van der Waals surface area contributed by atoms with Crippen LogP contribution in [0.3, 0.4) is 0 Å². The number of hydrogen-bond acceptors (Lipinski definition) is 6. The molecule has 0 saturated carbocycles. The van der Waals surface area contributed by atoms with E-state index in [1.807, 2.05) is 37.3 Å². The number of benzene rings is 1. The first-order valence-corrected chi connectivity index (χ1v) is 10.4. The van der Waals surface area contributed by atoms with Crippen molar-refractivity contribution in [2.45, 2.75) is 32.9 Å². The van der Waals surface area contributed by atoms with Crippen LogP contribution in [-0.4, -0.2) is 43.9 Å². The number of aryl methyl sites for hydroxylation is 1. The Morgan fingerprint density at radius 2 is 2.00 bits per heavy atom. The van der Waals surface area contributed by atoms with Crippen LogP contribution in [0, 0.1) is 12.8 Å². The van der Waals surface area contributed by atoms with Crippen molar-refractivity contribution in [2.75, 3.05) is 18.4 Å². The molecule has 1 N–H and O–H groups in total. The number of carbonyl (C=O) groups excluding carboxylic acids is 1. The van der Waals surface area contributed by atoms with Gasteiger partial charge < -0.3 is 5.32 Å². The van der Waals surface area contributed by atoms with Crippen molar-refractivity contribution in [2.24, 2.45) is 5.92 Å². The Balaban J connectivity index is 1.25. The molecule has 4 rings (SSSR count). The molecule has 0 spiro atoms. The predicted octanol–water partition coefficient (Wildman–Crippen LogP) is 2.94. The lowest BCUT2D eigenvalue weighted by atomic mass is 9.96. The maximum atomic E-state index is 12.6. The molecule has 0 bridgehead atoms. The van der Waals surface area contributed by atoms with Crippen LogP contribution < -0.4 is 5.32 Å². The van der Waals surface area contributed by atoms with E-state index in [2.05, 4.69) is 30.9 Å². The lowest BCUT2D eigenvalue weighted by Gasteiger charge is -2.30. The molecule has 0 radical (unpaired) electrons. The molecule has 0 atom stereocenters. The summed E-state index contributed by atoms with van der Waals surface area (Å²) in [6, 6.07) is 10.1. The zero-order chi connectivity index (χ0) is 19.3. The summed E-state index contributed by atoms with van der Waals surface area (Å²) in [5.74, 6) is 0.574. The van der Waals surface area contributed by atoms with Crippen molar-refractivity contribution in [3.63, 3.8) is 0 Å². The van der Waals surface area contributed by atoms with Gasteiger partial charge in [-0.2, -0.15) is 0 Å². The van der Waals surface area contributed by atoms with Gasteiger partial charge in [-0.15, -0.1) is 16.4 Å². The van der Waals surface area contributed by atoms with Crippen LogP contribution in [0.4, 0.5) is 5.82 Å². The lowest BCUT2D eigenvalue weighted by molar-refractivity contribution is -0.121. The van der Waals surface area contributed by atoms with E-state index in [0.717, 1.165) is 48.7 Å². The molecule has 1 fully saturated rings. The summed E-state index contributed by atoms with van der Waals surface area (Å²) in [4.78, 5) is 19.5. The van der Waals surface area contributed by atoms with E-state index in [1.54, 1.807) is 22.2 Å². The minimum Gasteiger partial charge on any atom is -0.308 e. The number of carbonyl (C=O) groups is 1. The minimum absolute atomic E-state index is 0.0210. The van der Waals surface area contributed by atoms with Crippen molar-refractivity contribution in [1.29, 1.82) is 0 Å². The second-order valence-corrected chi connectivity index (χ2v) is 8.25. The van der Waals surface area contributed by atoms with Crippen LogP contribution in [-0.2, 0) is 17.9 Å². The molecule has 1 aliphatic rings. The Morgan fingerprint density at radius 1 is 1.21 bits per heavy atom. The van der Waals surface area contributed by atoms with Crippen molar-refractivity contribution >= 4 is 23.1 Å². The average Bonchev–Trinajstić information content (AvgIpc) is 3.32. The Hall–Kier alpha value is -2.58. The number of rotatable bonds is 6. The van der Waals surface area contributed by atoms with Crippen molar-refractivity contribution in [3.05, 3.63) is 58.2 Å². The zero-order valence-corrected chi connectivity index (χ0v) is 16.7. The maximum absolute atomic E-state index is 12.6. The molecule has 8 heteroatoms. The summed E-state index contributed by atoms with van der Waals surface area (Å²) < 4.78 is 1.74. The van der Waals surface area contributed by atoms with Crippen LogP contribution in [0.25, 0.3) is 0 Å². The largest absolute Gasteiger partial charge is 0.308 e. The van der Waals surface area contributed by atoms with Crippen molar-refractivity contribution in [3.8, 4) is 0 Å². The molecule has 1 aliphatic heterocycles. The standard InChI is InChI=1S/C20H24N6OS/c1-15-21-18(14-28-15)12-25-9-7-17(8-10-25)20(27)22-19-13-26(24-23-19)11-16-5-3-2-4-6-16/h2-6,13-14,17H,7-12H2,1H3,(H,22,27). The van der Waals surface area contributed by atoms with Gasteiger partial charge in [-0.3, -0.25) is 9.69 Å². The van der Waals surface area contributed by atoms with E-state index in [4.69, 9.17) is 0 Å². The fourth-order valence-corrected chi connectivity index (χ4v) is 4.10. The highest BCUT2D eigenvalue weighted by atomic mass is 32.1. The molecule has 1 saturated heterocycles. The summed E-state index contributed by atoms with van der Waals surface area (Å²) in [6.45, 7) is 5.36. The van der Waals surface area contributed by atoms with E-state index in [0.29, 0.717) is 12.4 Å². The van der Waals surface area contributed by atoms with Gasteiger partial charge >= 0.3 is 0 Å². The van der Waals surface area contributed by atoms with E-state index in [1.165, 1.54) is 0 Å². The van der Waals surface area contributed by atoms with Gasteiger partial charge in [-0.1, -0.05) is 35.5 Å². The topological polar surface area (TPSA) is 75.9 Å². The number of likely N-dealkylation sites (tertiary alicyclic amines) is 1. The van der Waals surface area contributed by atoms with E-state index in [-0.39, 0.29) is 11.8 Å². The number of thiazole rings is 1. The third kappa shape index (κ3) is 4.82. The van der Waals surface area contributed by atoms with Crippen LogP contribution in [0.5, 0.6) is 0 Å². The number of anilines is 1. The fraction of sp³-hybridized carbons (Fsp3) is 0.400. The van der Waals surface area contributed by atoms with Crippen molar-refractivity contribution < 1.29 is 4.79 Å². The molecular formula is C20H24N6OS. The SMILES string of the molecule is Cc1nc(CN2CCC(C(=O)Nc3cn(Cc4ccccc4)nn3)CC2)cs1. The van der Waals surface area contributed by atoms with Gasteiger partial charge in [0, 0.05) is 17.8 Å². The van der Waals surface area contributed by atoms with E-state index < -0.39 is 0 Å². The Bertz CT molecular complexity index is 914. The quantitative estimate of drug-likeness (QED) is 0.693. The molecule has 3 heterocycles. The zero-order valence-electron chi connectivity index (χ0n) is 15.9. The number of piperidine rings is 1. The Kier molecular flexibility index (Phi) is 5.78. The van der Waals surface area contributed by atoms with E-state index in [9.17, 15) is 4.79 Å². The first-order valence-electron chi connectivity index (χ1n) is 9.54. The molecule has 1 aromatic carbocycles. The van der Waals surface area contributed by atoms with Gasteiger partial charge in [0.1, 0.15) is 0 Å². The molecular weight excluding hydrogens is 372 g/mol. The van der Waals surface area contributed by atoms with Crippen molar-refractivity contribution in [1.82, 2.24) is 24.9 Å². The third-order valence-electron chi connectivity index (χ3n) is 4.99. The molecule has 0 aliphatic carbocycles. The second-order valence-electron chi connectivity index (χ2n) is 7.18. The summed E-state index contributed by atoms with van der Waals surface area (Å²) in [7, 11) is 0. The molecule has 7 nitrogen and oxygen atoms in total. The van der Waals surface area contributed by atoms with Crippen LogP contribution in [0.15, 0.2) is 41.9 Å². The second kappa shape index (κ2) is 8.62. The molecule has 3 aromatic rings. The third-order valence-corrected chi connectivity index (χ3v) is 5.81. The predicted molar refractivity (Wildman–Crippen MR) is 109 cm³/mol. The minimum atomic E-state index is 0.0210. The number of amides is 1. The highest BCUT2D eigenvalue weighted by Gasteiger charge is 2.25. The van der Waals surface area contributed by atoms with Crippen LogP contribution in [0.1, 0.15) is 29.1 Å². The van der Waals surface area contributed by atoms with Crippen LogP contribution >= 0.6 is 11.3 Å². The summed E-state index contributed by atoms with van der Waals surface area (Å²) in [6.07, 6.45) is 3.49. The van der Waals surface area contributed by atoms with Gasteiger partial charge in [-0.05, 0) is 38.4 Å². The van der Waals surface area contributed by atoms with Gasteiger partial charge in [0.15, 0.2) is 5.82 Å². The molecule has 28 heavy (non-hydrogen) atoms. The van der Waals surface area contributed by atoms with E-state index >= 15 is 0 Å². The Morgan fingerprint density at radius 3 is 2.71 bits per heavy atom. The molecule has 146 valence electrons. The number of nitrogens with one attached hydrogen (secondary N) is 1. The molecule has 1 amide bonds. The molecule has 2 aromatic heterocycles. The normalized spacial score (nSPS) is 15.6. The number of hydrogen-bond donors (Lipinski definition) is 1. The average molecular weight is 397 g/mol. The first kappa shape index (κ1) is 18.8. The van der Waals surface area contributed by atoms with Crippen LogP contribution in [0.2, 0.25) is 0 Å². The summed E-state index contributed by atoms with van der Waals surface area (Å²) in [5, 5.41) is 14.3. The fourth-order valence-electron chi connectivity index (χ4n) is 3.49. The highest BCUT2D eigenvalue weighted by molar-refractivity contribution is 7.09.